The monoisotopic (exact) mass is 396 g/mol. The first-order valence-corrected chi connectivity index (χ1v) is 10.2. The Morgan fingerprint density at radius 3 is 2.46 bits per heavy atom. The number of hydrogen-bond acceptors (Lipinski definition) is 6. The molecule has 0 atom stereocenters. The first-order chi connectivity index (χ1) is 13.4. The van der Waals surface area contributed by atoms with Crippen molar-refractivity contribution in [2.24, 2.45) is 0 Å². The lowest BCUT2D eigenvalue weighted by Gasteiger charge is -2.18. The molecule has 0 unspecified atom stereocenters. The summed E-state index contributed by atoms with van der Waals surface area (Å²) in [6, 6.07) is 15.3. The van der Waals surface area contributed by atoms with Gasteiger partial charge in [0.25, 0.3) is 11.1 Å². The average Bonchev–Trinajstić information content (AvgIpc) is 3.15. The summed E-state index contributed by atoms with van der Waals surface area (Å²) in [5.41, 5.74) is 2.69. The largest absolute Gasteiger partial charge is 0.493 e. The van der Waals surface area contributed by atoms with Crippen molar-refractivity contribution >= 4 is 17.5 Å². The number of para-hydroxylation sites is 1. The lowest BCUT2D eigenvalue weighted by molar-refractivity contribution is 0.102. The van der Waals surface area contributed by atoms with E-state index in [1.54, 1.807) is 0 Å². The number of hydrogen-bond donors (Lipinski definition) is 0. The van der Waals surface area contributed by atoms with Gasteiger partial charge in [0.2, 0.25) is 0 Å². The number of ketones is 1. The Bertz CT molecular complexity index is 943. The van der Waals surface area contributed by atoms with E-state index in [1.807, 2.05) is 55.5 Å². The minimum Gasteiger partial charge on any atom is -0.493 e. The normalized spacial score (nSPS) is 11.4. The summed E-state index contributed by atoms with van der Waals surface area (Å²) < 4.78 is 11.3. The van der Waals surface area contributed by atoms with E-state index >= 15 is 0 Å². The molecule has 0 spiro atoms. The van der Waals surface area contributed by atoms with Crippen molar-refractivity contribution < 1.29 is 13.9 Å². The van der Waals surface area contributed by atoms with Crippen molar-refractivity contribution in [3.05, 3.63) is 59.7 Å². The predicted molar refractivity (Wildman–Crippen MR) is 111 cm³/mol. The van der Waals surface area contributed by atoms with Gasteiger partial charge in [-0.3, -0.25) is 4.79 Å². The van der Waals surface area contributed by atoms with Crippen LogP contribution in [0.3, 0.4) is 0 Å². The van der Waals surface area contributed by atoms with Gasteiger partial charge < -0.3 is 9.15 Å². The average molecular weight is 397 g/mol. The number of Topliss-reactive ketones (excluding diaryl/α,β-unsaturated/α-hetero) is 1. The molecule has 0 fully saturated rings. The molecule has 1 heterocycles. The fourth-order valence-electron chi connectivity index (χ4n) is 2.67. The maximum Gasteiger partial charge on any atom is 0.277 e. The lowest BCUT2D eigenvalue weighted by Crippen LogP contribution is -2.11. The van der Waals surface area contributed by atoms with E-state index in [0.29, 0.717) is 29.0 Å². The maximum atomic E-state index is 12.5. The van der Waals surface area contributed by atoms with Crippen LogP contribution in [0.2, 0.25) is 0 Å². The molecule has 0 radical (unpaired) electrons. The van der Waals surface area contributed by atoms with Crippen LogP contribution in [0.25, 0.3) is 11.5 Å². The smallest absolute Gasteiger partial charge is 0.277 e. The number of rotatable bonds is 7. The summed E-state index contributed by atoms with van der Waals surface area (Å²) in [7, 11) is 0. The highest BCUT2D eigenvalue weighted by molar-refractivity contribution is 7.99. The van der Waals surface area contributed by atoms with E-state index in [-0.39, 0.29) is 17.0 Å². The molecule has 146 valence electrons. The second-order valence-electron chi connectivity index (χ2n) is 7.34. The molecule has 2 aromatic carbocycles. The third-order valence-corrected chi connectivity index (χ3v) is 5.04. The molecule has 0 N–H and O–H groups in total. The topological polar surface area (TPSA) is 65.2 Å². The molecule has 3 rings (SSSR count). The van der Waals surface area contributed by atoms with E-state index in [0.717, 1.165) is 5.56 Å². The van der Waals surface area contributed by atoms with Crippen LogP contribution in [-0.2, 0) is 5.41 Å². The summed E-state index contributed by atoms with van der Waals surface area (Å²) in [5.74, 6) is 1.34. The number of carbonyl (C=O) groups is 1. The van der Waals surface area contributed by atoms with Crippen molar-refractivity contribution in [1.82, 2.24) is 10.2 Å². The summed E-state index contributed by atoms with van der Waals surface area (Å²) >= 11 is 1.24. The quantitative estimate of drug-likeness (QED) is 0.393. The summed E-state index contributed by atoms with van der Waals surface area (Å²) in [6.45, 7) is 8.92. The fraction of sp³-hybridized carbons (Fsp3) is 0.318. The summed E-state index contributed by atoms with van der Waals surface area (Å²) in [4.78, 5) is 12.5. The maximum absolute atomic E-state index is 12.5. The van der Waals surface area contributed by atoms with Crippen molar-refractivity contribution in [1.29, 1.82) is 0 Å². The molecule has 1 aromatic heterocycles. The zero-order valence-electron chi connectivity index (χ0n) is 16.6. The number of thioether (sulfide) groups is 1. The molecule has 0 aliphatic carbocycles. The zero-order chi connectivity index (χ0) is 20.1. The highest BCUT2D eigenvalue weighted by atomic mass is 32.2. The first-order valence-electron chi connectivity index (χ1n) is 9.20. The molecule has 6 heteroatoms. The number of ether oxygens (including phenoxy) is 1. The molecular formula is C22H24N2O3S. The summed E-state index contributed by atoms with van der Waals surface area (Å²) in [5, 5.41) is 8.50. The van der Waals surface area contributed by atoms with Crippen LogP contribution in [-0.4, -0.2) is 28.3 Å². The predicted octanol–water partition coefficient (Wildman–Crippen LogP) is 5.41. The van der Waals surface area contributed by atoms with Crippen LogP contribution in [0.1, 0.15) is 43.6 Å². The number of nitrogens with zero attached hydrogens (tertiary/aromatic N) is 2. The second kappa shape index (κ2) is 8.61. The van der Waals surface area contributed by atoms with Crippen molar-refractivity contribution in [2.45, 2.75) is 38.3 Å². The van der Waals surface area contributed by atoms with Gasteiger partial charge in [-0.25, -0.2) is 0 Å². The third kappa shape index (κ3) is 4.81. The zero-order valence-corrected chi connectivity index (χ0v) is 17.4. The highest BCUT2D eigenvalue weighted by Gasteiger charge is 2.17. The summed E-state index contributed by atoms with van der Waals surface area (Å²) in [6.07, 6.45) is 0. The Labute approximate surface area is 169 Å². The molecule has 0 bridgehead atoms. The van der Waals surface area contributed by atoms with Crippen molar-refractivity contribution in [3.8, 4) is 17.2 Å². The van der Waals surface area contributed by atoms with Gasteiger partial charge in [-0.15, -0.1) is 10.2 Å². The van der Waals surface area contributed by atoms with Gasteiger partial charge in [-0.05, 0) is 30.0 Å². The highest BCUT2D eigenvalue weighted by Crippen LogP contribution is 2.31. The molecule has 0 aliphatic heterocycles. The van der Waals surface area contributed by atoms with Gasteiger partial charge in [-0.2, -0.15) is 0 Å². The number of benzene rings is 2. The Morgan fingerprint density at radius 1 is 1.07 bits per heavy atom. The third-order valence-electron chi connectivity index (χ3n) is 4.22. The van der Waals surface area contributed by atoms with E-state index in [1.165, 1.54) is 17.3 Å². The first kappa shape index (κ1) is 20.1. The van der Waals surface area contributed by atoms with Crippen LogP contribution >= 0.6 is 11.8 Å². The van der Waals surface area contributed by atoms with E-state index < -0.39 is 0 Å². The van der Waals surface area contributed by atoms with Crippen LogP contribution in [0.15, 0.2) is 58.2 Å². The van der Waals surface area contributed by atoms with Gasteiger partial charge in [0.15, 0.2) is 5.78 Å². The Balaban J connectivity index is 1.65. The standard InChI is InChI=1S/C22H24N2O3S/c1-5-26-19-9-7-6-8-17(19)20-23-24-21(27-20)28-14-18(25)15-10-12-16(13-11-15)22(2,3)4/h6-13H,5,14H2,1-4H3. The van der Waals surface area contributed by atoms with Gasteiger partial charge in [0.05, 0.1) is 17.9 Å². The van der Waals surface area contributed by atoms with Gasteiger partial charge in [-0.1, -0.05) is 68.9 Å². The SMILES string of the molecule is CCOc1ccccc1-c1nnc(SCC(=O)c2ccc(C(C)(C)C)cc2)o1. The molecule has 28 heavy (non-hydrogen) atoms. The van der Waals surface area contributed by atoms with Crippen molar-refractivity contribution in [3.63, 3.8) is 0 Å². The molecule has 5 nitrogen and oxygen atoms in total. The lowest BCUT2D eigenvalue weighted by atomic mass is 9.86. The number of aromatic nitrogens is 2. The van der Waals surface area contributed by atoms with Crippen LogP contribution in [0.5, 0.6) is 5.75 Å². The fourth-order valence-corrected chi connectivity index (χ4v) is 3.33. The molecule has 0 amide bonds. The minimum absolute atomic E-state index is 0.0277. The molecule has 0 aliphatic rings. The minimum atomic E-state index is 0.0277. The molecular weight excluding hydrogens is 372 g/mol. The van der Waals surface area contributed by atoms with E-state index in [4.69, 9.17) is 9.15 Å². The van der Waals surface area contributed by atoms with E-state index in [2.05, 4.69) is 31.0 Å². The molecule has 0 saturated carbocycles. The number of carbonyl (C=O) groups excluding carboxylic acids is 1. The van der Waals surface area contributed by atoms with Crippen molar-refractivity contribution in [2.75, 3.05) is 12.4 Å². The Morgan fingerprint density at radius 2 is 1.79 bits per heavy atom. The molecule has 3 aromatic rings. The van der Waals surface area contributed by atoms with Gasteiger partial charge >= 0.3 is 0 Å². The van der Waals surface area contributed by atoms with Gasteiger partial charge in [0, 0.05) is 5.56 Å². The second-order valence-corrected chi connectivity index (χ2v) is 8.27. The van der Waals surface area contributed by atoms with Crippen LogP contribution in [0, 0.1) is 0 Å². The Kier molecular flexibility index (Phi) is 6.19. The van der Waals surface area contributed by atoms with Crippen LogP contribution < -0.4 is 4.74 Å². The Hall–Kier alpha value is -2.60. The van der Waals surface area contributed by atoms with Gasteiger partial charge in [0.1, 0.15) is 5.75 Å². The molecule has 0 saturated heterocycles. The van der Waals surface area contributed by atoms with Crippen LogP contribution in [0.4, 0.5) is 0 Å². The van der Waals surface area contributed by atoms with E-state index in [9.17, 15) is 4.79 Å².